The molecule has 1 aliphatic heterocycles. The van der Waals surface area contributed by atoms with E-state index in [1.807, 2.05) is 0 Å². The minimum Gasteiger partial charge on any atom is -0.490 e. The van der Waals surface area contributed by atoms with Gasteiger partial charge >= 0.3 is 11.9 Å². The number of aliphatic carboxylic acids is 1. The maximum atomic E-state index is 12.6. The molecular weight excluding hydrogens is 402 g/mol. The second-order valence-electron chi connectivity index (χ2n) is 6.10. The van der Waals surface area contributed by atoms with Gasteiger partial charge in [0.15, 0.2) is 18.1 Å². The van der Waals surface area contributed by atoms with Crippen LogP contribution in [0.25, 0.3) is 6.08 Å². The van der Waals surface area contributed by atoms with Crippen molar-refractivity contribution in [3.8, 4) is 11.5 Å². The fourth-order valence-electron chi connectivity index (χ4n) is 2.41. The van der Waals surface area contributed by atoms with Crippen LogP contribution in [0.4, 0.5) is 4.79 Å². The van der Waals surface area contributed by atoms with Gasteiger partial charge in [0.2, 0.25) is 0 Å². The smallest absolute Gasteiger partial charge is 0.341 e. The summed E-state index contributed by atoms with van der Waals surface area (Å²) in [6.07, 6.45) is 1.03. The van der Waals surface area contributed by atoms with E-state index in [0.717, 1.165) is 4.90 Å². The lowest BCUT2D eigenvalue weighted by atomic mass is 10.1. The van der Waals surface area contributed by atoms with E-state index in [1.165, 1.54) is 6.08 Å². The number of hydrogen-bond acceptors (Lipinski definition) is 8. The number of para-hydroxylation sites is 1. The Morgan fingerprint density at radius 2 is 1.97 bits per heavy atom. The highest BCUT2D eigenvalue weighted by atomic mass is 32.2. The Bertz CT molecular complexity index is 849. The third-order valence-electron chi connectivity index (χ3n) is 3.46. The zero-order valence-electron chi connectivity index (χ0n) is 16.2. The molecule has 2 amide bonds. The Kier molecular flexibility index (Phi) is 7.66. The number of rotatable bonds is 9. The molecule has 0 atom stereocenters. The molecule has 1 heterocycles. The van der Waals surface area contributed by atoms with Gasteiger partial charge in [0.25, 0.3) is 11.1 Å². The fraction of sp³-hybridized carbons (Fsp3) is 0.368. The van der Waals surface area contributed by atoms with Crippen LogP contribution in [-0.2, 0) is 19.1 Å². The van der Waals surface area contributed by atoms with Gasteiger partial charge in [-0.1, -0.05) is 12.1 Å². The molecule has 0 aromatic heterocycles. The zero-order chi connectivity index (χ0) is 21.6. The van der Waals surface area contributed by atoms with Crippen LogP contribution in [0, 0.1) is 0 Å². The van der Waals surface area contributed by atoms with E-state index < -0.39 is 36.2 Å². The lowest BCUT2D eigenvalue weighted by Gasteiger charge is -2.14. The summed E-state index contributed by atoms with van der Waals surface area (Å²) in [6, 6.07) is 4.85. The van der Waals surface area contributed by atoms with Gasteiger partial charge < -0.3 is 19.3 Å². The van der Waals surface area contributed by atoms with Gasteiger partial charge in [-0.15, -0.1) is 0 Å². The summed E-state index contributed by atoms with van der Waals surface area (Å²) in [7, 11) is 0. The van der Waals surface area contributed by atoms with Crippen molar-refractivity contribution in [2.45, 2.75) is 26.9 Å². The summed E-state index contributed by atoms with van der Waals surface area (Å²) in [4.78, 5) is 48.3. The van der Waals surface area contributed by atoms with Crippen LogP contribution in [0.15, 0.2) is 23.1 Å². The van der Waals surface area contributed by atoms with Gasteiger partial charge in [-0.2, -0.15) is 0 Å². The normalized spacial score (nSPS) is 15.2. The molecule has 0 spiro atoms. The number of nitrogens with zero attached hydrogens (tertiary/aromatic N) is 1. The summed E-state index contributed by atoms with van der Waals surface area (Å²) < 4.78 is 15.8. The number of carboxylic acid groups (broad SMARTS) is 1. The molecule has 29 heavy (non-hydrogen) atoms. The van der Waals surface area contributed by atoms with E-state index >= 15 is 0 Å². The van der Waals surface area contributed by atoms with E-state index in [-0.39, 0.29) is 16.8 Å². The first-order chi connectivity index (χ1) is 13.7. The predicted octanol–water partition coefficient (Wildman–Crippen LogP) is 2.54. The molecule has 1 fully saturated rings. The number of carbonyl (C=O) groups is 4. The third kappa shape index (κ3) is 5.98. The van der Waals surface area contributed by atoms with E-state index in [4.69, 9.17) is 19.3 Å². The van der Waals surface area contributed by atoms with Crippen molar-refractivity contribution in [1.29, 1.82) is 0 Å². The Morgan fingerprint density at radius 3 is 2.59 bits per heavy atom. The highest BCUT2D eigenvalue weighted by molar-refractivity contribution is 8.18. The van der Waals surface area contributed by atoms with Crippen molar-refractivity contribution < 1.29 is 38.5 Å². The number of carbonyl (C=O) groups excluding carboxylic acids is 3. The standard InChI is InChI=1S/C19H21NO8S/c1-4-26-13-7-5-6-12(17(13)27-10-15(21)22)8-14-18(24)20(19(25)29-14)9-16(23)28-11(2)3/h5-8,11H,4,9-10H2,1-3H3,(H,21,22)/b14-8-. The summed E-state index contributed by atoms with van der Waals surface area (Å²) in [5.41, 5.74) is 0.368. The maximum absolute atomic E-state index is 12.6. The largest absolute Gasteiger partial charge is 0.490 e. The van der Waals surface area contributed by atoms with Gasteiger partial charge in [-0.25, -0.2) is 4.79 Å². The number of carboxylic acids is 1. The highest BCUT2D eigenvalue weighted by Gasteiger charge is 2.37. The first-order valence-corrected chi connectivity index (χ1v) is 9.59. The highest BCUT2D eigenvalue weighted by Crippen LogP contribution is 2.37. The van der Waals surface area contributed by atoms with E-state index in [0.29, 0.717) is 29.7 Å². The van der Waals surface area contributed by atoms with Crippen LogP contribution in [0.1, 0.15) is 26.3 Å². The number of hydrogen-bond donors (Lipinski definition) is 1. The van der Waals surface area contributed by atoms with Crippen LogP contribution in [-0.4, -0.2) is 59.0 Å². The molecule has 2 rings (SSSR count). The summed E-state index contributed by atoms with van der Waals surface area (Å²) in [6.45, 7) is 4.32. The lowest BCUT2D eigenvalue weighted by molar-refractivity contribution is -0.149. The van der Waals surface area contributed by atoms with Gasteiger partial charge in [0.05, 0.1) is 17.6 Å². The molecule has 10 heteroatoms. The molecule has 0 unspecified atom stereocenters. The summed E-state index contributed by atoms with van der Waals surface area (Å²) in [5.74, 6) is -2.06. The fourth-order valence-corrected chi connectivity index (χ4v) is 3.24. The van der Waals surface area contributed by atoms with Crippen molar-refractivity contribution in [2.24, 2.45) is 0 Å². The zero-order valence-corrected chi connectivity index (χ0v) is 17.0. The minimum atomic E-state index is -1.17. The molecule has 0 saturated carbocycles. The van der Waals surface area contributed by atoms with Crippen LogP contribution in [0.3, 0.4) is 0 Å². The number of benzene rings is 1. The van der Waals surface area contributed by atoms with Crippen LogP contribution in [0.2, 0.25) is 0 Å². The van der Waals surface area contributed by atoms with Crippen molar-refractivity contribution in [3.05, 3.63) is 28.7 Å². The Hall–Kier alpha value is -3.01. The molecule has 156 valence electrons. The SMILES string of the molecule is CCOc1cccc(/C=C2\SC(=O)N(CC(=O)OC(C)C)C2=O)c1OCC(=O)O. The second kappa shape index (κ2) is 9.97. The van der Waals surface area contributed by atoms with Crippen molar-refractivity contribution in [1.82, 2.24) is 4.90 Å². The van der Waals surface area contributed by atoms with Gasteiger partial charge in [-0.3, -0.25) is 19.3 Å². The molecule has 0 aliphatic carbocycles. The van der Waals surface area contributed by atoms with Gasteiger partial charge in [0.1, 0.15) is 6.54 Å². The molecule has 0 bridgehead atoms. The lowest BCUT2D eigenvalue weighted by Crippen LogP contribution is -2.35. The topological polar surface area (TPSA) is 119 Å². The molecule has 1 saturated heterocycles. The predicted molar refractivity (Wildman–Crippen MR) is 105 cm³/mol. The molecule has 0 radical (unpaired) electrons. The van der Waals surface area contributed by atoms with Crippen molar-refractivity contribution in [2.75, 3.05) is 19.8 Å². The maximum Gasteiger partial charge on any atom is 0.341 e. The average molecular weight is 423 g/mol. The molecule has 1 aliphatic rings. The van der Waals surface area contributed by atoms with Crippen LogP contribution in [0.5, 0.6) is 11.5 Å². The summed E-state index contributed by atoms with van der Waals surface area (Å²) in [5, 5.41) is 8.29. The number of imide groups is 1. The number of esters is 1. The number of thioether (sulfide) groups is 1. The molecule has 1 aromatic carbocycles. The quantitative estimate of drug-likeness (QED) is 0.472. The third-order valence-corrected chi connectivity index (χ3v) is 4.37. The van der Waals surface area contributed by atoms with E-state index in [2.05, 4.69) is 0 Å². The molecular formula is C19H21NO8S. The number of amides is 2. The van der Waals surface area contributed by atoms with Crippen molar-refractivity contribution in [3.63, 3.8) is 0 Å². The molecule has 1 N–H and O–H groups in total. The van der Waals surface area contributed by atoms with Crippen LogP contribution >= 0.6 is 11.8 Å². The average Bonchev–Trinajstić information content (AvgIpc) is 2.88. The summed E-state index contributed by atoms with van der Waals surface area (Å²) >= 11 is 0.668. The number of ether oxygens (including phenoxy) is 3. The molecule has 9 nitrogen and oxygen atoms in total. The van der Waals surface area contributed by atoms with Gasteiger partial charge in [-0.05, 0) is 44.7 Å². The Labute approximate surface area is 171 Å². The first kappa shape index (κ1) is 22.3. The first-order valence-electron chi connectivity index (χ1n) is 8.78. The Balaban J connectivity index is 2.30. The van der Waals surface area contributed by atoms with Crippen LogP contribution < -0.4 is 9.47 Å². The minimum absolute atomic E-state index is 0.0705. The monoisotopic (exact) mass is 423 g/mol. The molecule has 1 aromatic rings. The van der Waals surface area contributed by atoms with E-state index in [1.54, 1.807) is 39.0 Å². The van der Waals surface area contributed by atoms with Gasteiger partial charge in [0, 0.05) is 5.56 Å². The van der Waals surface area contributed by atoms with Crippen molar-refractivity contribution >= 4 is 40.9 Å². The van der Waals surface area contributed by atoms with E-state index in [9.17, 15) is 19.2 Å². The Morgan fingerprint density at radius 1 is 1.24 bits per heavy atom. The second-order valence-corrected chi connectivity index (χ2v) is 7.09.